The number of hydrogen-bond acceptors (Lipinski definition) is 7. The quantitative estimate of drug-likeness (QED) is 0.545. The van der Waals surface area contributed by atoms with Gasteiger partial charge in [0.15, 0.2) is 0 Å². The first-order valence-corrected chi connectivity index (χ1v) is 12.1. The predicted molar refractivity (Wildman–Crippen MR) is 116 cm³/mol. The average Bonchev–Trinajstić information content (AvgIpc) is 2.83. The lowest BCUT2D eigenvalue weighted by Crippen LogP contribution is -2.63. The summed E-state index contributed by atoms with van der Waals surface area (Å²) in [7, 11) is -2.62. The summed E-state index contributed by atoms with van der Waals surface area (Å²) < 4.78 is 32.1. The molecule has 3 rings (SSSR count). The van der Waals surface area contributed by atoms with Gasteiger partial charge < -0.3 is 20.3 Å². The van der Waals surface area contributed by atoms with Gasteiger partial charge in [0.05, 0.1) is 12.0 Å². The summed E-state index contributed by atoms with van der Waals surface area (Å²) in [5, 5.41) is 5.77. The average molecular weight is 467 g/mol. The highest BCUT2D eigenvalue weighted by Crippen LogP contribution is 2.24. The van der Waals surface area contributed by atoms with Gasteiger partial charge in [-0.2, -0.15) is 4.31 Å². The zero-order valence-electron chi connectivity index (χ0n) is 18.3. The molecular formula is C21H30N4O6S. The van der Waals surface area contributed by atoms with Crippen LogP contribution in [0.25, 0.3) is 0 Å². The molecule has 0 aromatic heterocycles. The van der Waals surface area contributed by atoms with Gasteiger partial charge in [0.1, 0.15) is 12.1 Å². The molecule has 0 aliphatic carbocycles. The van der Waals surface area contributed by atoms with E-state index in [-0.39, 0.29) is 36.4 Å². The summed E-state index contributed by atoms with van der Waals surface area (Å²) in [6.07, 6.45) is 1.32. The largest absolute Gasteiger partial charge is 0.467 e. The third-order valence-corrected chi connectivity index (χ3v) is 7.79. The Hall–Kier alpha value is -2.50. The Morgan fingerprint density at radius 3 is 2.41 bits per heavy atom. The second-order valence-corrected chi connectivity index (χ2v) is 9.94. The van der Waals surface area contributed by atoms with E-state index in [2.05, 4.69) is 15.4 Å². The molecule has 0 saturated carbocycles. The number of methoxy groups -OCH3 is 1. The van der Waals surface area contributed by atoms with Gasteiger partial charge in [-0.15, -0.1) is 0 Å². The molecule has 32 heavy (non-hydrogen) atoms. The molecule has 2 amide bonds. The third-order valence-electron chi connectivity index (χ3n) is 5.91. The third kappa shape index (κ3) is 5.28. The number of piperazine rings is 1. The first-order chi connectivity index (χ1) is 15.3. The standard InChI is InChI=1S/C21H30N4O6S/c1-15(21(28)31-2)23-19(26)18-14-24(32(29,30)17-6-4-3-5-7-17)12-13-25(18)20(27)16-8-10-22-11-9-16/h3-7,15-16,18,22H,8-14H2,1-2H3,(H,23,26)/t15-,18-/m1/s1. The highest BCUT2D eigenvalue weighted by Gasteiger charge is 2.42. The molecule has 2 aliphatic heterocycles. The number of carbonyl (C=O) groups is 3. The van der Waals surface area contributed by atoms with Gasteiger partial charge in [-0.05, 0) is 45.0 Å². The minimum atomic E-state index is -3.84. The molecule has 0 bridgehead atoms. The fourth-order valence-electron chi connectivity index (χ4n) is 4.05. The van der Waals surface area contributed by atoms with Gasteiger partial charge in [0.2, 0.25) is 21.8 Å². The summed E-state index contributed by atoms with van der Waals surface area (Å²) in [5.74, 6) is -1.59. The summed E-state index contributed by atoms with van der Waals surface area (Å²) in [6.45, 7) is 2.91. The Bertz CT molecular complexity index is 933. The number of esters is 1. The molecule has 2 fully saturated rings. The van der Waals surface area contributed by atoms with Gasteiger partial charge >= 0.3 is 5.97 Å². The Morgan fingerprint density at radius 2 is 1.78 bits per heavy atom. The maximum atomic E-state index is 13.2. The normalized spacial score (nSPS) is 21.6. The molecule has 2 heterocycles. The van der Waals surface area contributed by atoms with Crippen molar-refractivity contribution < 1.29 is 27.5 Å². The van der Waals surface area contributed by atoms with Crippen LogP contribution in [0.3, 0.4) is 0 Å². The number of hydrogen-bond donors (Lipinski definition) is 2. The van der Waals surface area contributed by atoms with Gasteiger partial charge in [-0.25, -0.2) is 13.2 Å². The molecule has 2 saturated heterocycles. The smallest absolute Gasteiger partial charge is 0.328 e. The highest BCUT2D eigenvalue weighted by molar-refractivity contribution is 7.89. The zero-order valence-corrected chi connectivity index (χ0v) is 19.1. The number of nitrogens with one attached hydrogen (secondary N) is 2. The van der Waals surface area contributed by atoms with Crippen LogP contribution < -0.4 is 10.6 Å². The monoisotopic (exact) mass is 466 g/mol. The van der Waals surface area contributed by atoms with Crippen molar-refractivity contribution in [3.63, 3.8) is 0 Å². The minimum absolute atomic E-state index is 0.0876. The van der Waals surface area contributed by atoms with Gasteiger partial charge in [-0.3, -0.25) is 9.59 Å². The number of piperidine rings is 1. The van der Waals surface area contributed by atoms with Gasteiger partial charge in [0, 0.05) is 25.6 Å². The number of benzene rings is 1. The molecule has 1 aromatic carbocycles. The summed E-state index contributed by atoms with van der Waals surface area (Å²) in [5.41, 5.74) is 0. The minimum Gasteiger partial charge on any atom is -0.467 e. The van der Waals surface area contributed by atoms with Crippen LogP contribution in [0.4, 0.5) is 0 Å². The van der Waals surface area contributed by atoms with Crippen LogP contribution in [-0.4, -0.2) is 87.3 Å². The number of rotatable bonds is 6. The van der Waals surface area contributed by atoms with Gasteiger partial charge in [-0.1, -0.05) is 18.2 Å². The number of sulfonamides is 1. The van der Waals surface area contributed by atoms with Crippen molar-refractivity contribution in [2.24, 2.45) is 5.92 Å². The second-order valence-electron chi connectivity index (χ2n) is 8.00. The lowest BCUT2D eigenvalue weighted by atomic mass is 9.95. The highest BCUT2D eigenvalue weighted by atomic mass is 32.2. The Kier molecular flexibility index (Phi) is 7.86. The Balaban J connectivity index is 1.84. The van der Waals surface area contributed by atoms with E-state index in [1.807, 2.05) is 0 Å². The molecule has 1 aromatic rings. The number of nitrogens with zero attached hydrogens (tertiary/aromatic N) is 2. The summed E-state index contributed by atoms with van der Waals surface area (Å²) in [6, 6.07) is 6.00. The molecule has 176 valence electrons. The molecule has 11 heteroatoms. The van der Waals surface area contributed by atoms with Crippen molar-refractivity contribution in [2.45, 2.75) is 36.7 Å². The topological polar surface area (TPSA) is 125 Å². The number of amides is 2. The number of ether oxygens (including phenoxy) is 1. The van der Waals surface area contributed by atoms with Crippen LogP contribution in [0, 0.1) is 5.92 Å². The van der Waals surface area contributed by atoms with E-state index in [0.717, 1.165) is 13.1 Å². The molecule has 2 atom stereocenters. The van der Waals surface area contributed by atoms with Crippen LogP contribution in [0.15, 0.2) is 35.2 Å². The van der Waals surface area contributed by atoms with E-state index in [1.54, 1.807) is 18.2 Å². The molecule has 10 nitrogen and oxygen atoms in total. The van der Waals surface area contributed by atoms with Crippen LogP contribution in [0.2, 0.25) is 0 Å². The van der Waals surface area contributed by atoms with Crippen molar-refractivity contribution in [1.29, 1.82) is 0 Å². The van der Waals surface area contributed by atoms with Crippen molar-refractivity contribution in [2.75, 3.05) is 39.8 Å². The second kappa shape index (κ2) is 10.4. The van der Waals surface area contributed by atoms with Crippen LogP contribution >= 0.6 is 0 Å². The van der Waals surface area contributed by atoms with Crippen LogP contribution in [-0.2, 0) is 29.1 Å². The molecule has 0 unspecified atom stereocenters. The first-order valence-electron chi connectivity index (χ1n) is 10.7. The van der Waals surface area contributed by atoms with E-state index >= 15 is 0 Å². The predicted octanol–water partition coefficient (Wildman–Crippen LogP) is -0.435. The Labute approximate surface area is 188 Å². The van der Waals surface area contributed by atoms with Gasteiger partial charge in [0.25, 0.3) is 0 Å². The summed E-state index contributed by atoms with van der Waals surface area (Å²) in [4.78, 5) is 39.7. The molecule has 0 radical (unpaired) electrons. The Morgan fingerprint density at radius 1 is 1.12 bits per heavy atom. The fraction of sp³-hybridized carbons (Fsp3) is 0.571. The van der Waals surface area contributed by atoms with Crippen molar-refractivity contribution in [3.05, 3.63) is 30.3 Å². The van der Waals surface area contributed by atoms with E-state index in [0.29, 0.717) is 12.8 Å². The van der Waals surface area contributed by atoms with Crippen molar-refractivity contribution >= 4 is 27.8 Å². The van der Waals surface area contributed by atoms with Crippen molar-refractivity contribution in [1.82, 2.24) is 19.8 Å². The lowest BCUT2D eigenvalue weighted by molar-refractivity contribution is -0.149. The maximum Gasteiger partial charge on any atom is 0.328 e. The zero-order chi connectivity index (χ0) is 23.3. The molecule has 2 N–H and O–H groups in total. The molecule has 0 spiro atoms. The van der Waals surface area contributed by atoms with E-state index in [9.17, 15) is 22.8 Å². The van der Waals surface area contributed by atoms with E-state index in [1.165, 1.54) is 35.4 Å². The van der Waals surface area contributed by atoms with Crippen LogP contribution in [0.5, 0.6) is 0 Å². The SMILES string of the molecule is COC(=O)[C@@H](C)NC(=O)[C@H]1CN(S(=O)(=O)c2ccccc2)CCN1C(=O)C1CCNCC1. The number of carbonyl (C=O) groups excluding carboxylic acids is 3. The lowest BCUT2D eigenvalue weighted by Gasteiger charge is -2.42. The molecule has 2 aliphatic rings. The first kappa shape index (κ1) is 24.1. The fourth-order valence-corrected chi connectivity index (χ4v) is 5.51. The van der Waals surface area contributed by atoms with Crippen molar-refractivity contribution in [3.8, 4) is 0 Å². The van der Waals surface area contributed by atoms with Crippen LogP contribution in [0.1, 0.15) is 19.8 Å². The van der Waals surface area contributed by atoms with E-state index < -0.39 is 34.0 Å². The molecular weight excluding hydrogens is 436 g/mol. The maximum absolute atomic E-state index is 13.2. The summed E-state index contributed by atoms with van der Waals surface area (Å²) >= 11 is 0. The van der Waals surface area contributed by atoms with E-state index in [4.69, 9.17) is 0 Å².